The molecular formula is C13H18N4O2. The predicted molar refractivity (Wildman–Crippen MR) is 72.4 cm³/mol. The summed E-state index contributed by atoms with van der Waals surface area (Å²) < 4.78 is 0. The molecule has 19 heavy (non-hydrogen) atoms. The standard InChI is InChI=1S/C13H18N4O2/c1-9-6-13(15-7-12(9)17(18)19)16-5-3-11-10(8-16)2-4-14-11/h6-7,10-11,14H,2-5,8H2,1H3. The van der Waals surface area contributed by atoms with E-state index in [1.54, 1.807) is 6.92 Å². The van der Waals surface area contributed by atoms with Gasteiger partial charge in [-0.05, 0) is 38.3 Å². The molecule has 2 aliphatic heterocycles. The van der Waals surface area contributed by atoms with Crippen LogP contribution in [0.4, 0.5) is 11.5 Å². The summed E-state index contributed by atoms with van der Waals surface area (Å²) in [5.41, 5.74) is 0.780. The van der Waals surface area contributed by atoms with E-state index in [4.69, 9.17) is 0 Å². The third kappa shape index (κ3) is 2.28. The molecule has 2 aliphatic rings. The topological polar surface area (TPSA) is 71.3 Å². The average Bonchev–Trinajstić information content (AvgIpc) is 2.85. The lowest BCUT2D eigenvalue weighted by molar-refractivity contribution is -0.385. The number of hydrogen-bond donors (Lipinski definition) is 1. The van der Waals surface area contributed by atoms with Gasteiger partial charge in [-0.1, -0.05) is 0 Å². The molecule has 1 aromatic rings. The van der Waals surface area contributed by atoms with Crippen molar-refractivity contribution < 1.29 is 4.92 Å². The highest BCUT2D eigenvalue weighted by atomic mass is 16.6. The molecule has 102 valence electrons. The van der Waals surface area contributed by atoms with Gasteiger partial charge in [0, 0.05) is 24.7 Å². The number of anilines is 1. The van der Waals surface area contributed by atoms with Crippen LogP contribution in [0.2, 0.25) is 0 Å². The van der Waals surface area contributed by atoms with E-state index in [9.17, 15) is 10.1 Å². The van der Waals surface area contributed by atoms with Crippen molar-refractivity contribution in [3.05, 3.63) is 27.9 Å². The molecule has 0 aromatic carbocycles. The molecular weight excluding hydrogens is 244 g/mol. The van der Waals surface area contributed by atoms with Crippen molar-refractivity contribution in [2.45, 2.75) is 25.8 Å². The monoisotopic (exact) mass is 262 g/mol. The highest BCUT2D eigenvalue weighted by Gasteiger charge is 2.33. The van der Waals surface area contributed by atoms with Crippen LogP contribution < -0.4 is 10.2 Å². The molecule has 2 saturated heterocycles. The van der Waals surface area contributed by atoms with Crippen LogP contribution in [0.1, 0.15) is 18.4 Å². The van der Waals surface area contributed by atoms with Crippen LogP contribution in [0.15, 0.2) is 12.3 Å². The zero-order chi connectivity index (χ0) is 13.4. The van der Waals surface area contributed by atoms with Crippen LogP contribution in [0, 0.1) is 23.0 Å². The summed E-state index contributed by atoms with van der Waals surface area (Å²) in [4.78, 5) is 16.9. The molecule has 0 aliphatic carbocycles. The highest BCUT2D eigenvalue weighted by molar-refractivity contribution is 5.49. The molecule has 2 unspecified atom stereocenters. The first-order valence-electron chi connectivity index (χ1n) is 6.74. The Morgan fingerprint density at radius 2 is 2.37 bits per heavy atom. The Morgan fingerprint density at radius 1 is 1.53 bits per heavy atom. The Bertz CT molecular complexity index is 505. The normalized spacial score (nSPS) is 26.3. The molecule has 0 bridgehead atoms. The molecule has 1 N–H and O–H groups in total. The number of nitrogens with one attached hydrogen (secondary N) is 1. The zero-order valence-electron chi connectivity index (χ0n) is 11.0. The SMILES string of the molecule is Cc1cc(N2CCC3NCCC3C2)ncc1[N+](=O)[O-]. The minimum absolute atomic E-state index is 0.0983. The maximum atomic E-state index is 10.8. The van der Waals surface area contributed by atoms with Gasteiger partial charge in [0.15, 0.2) is 0 Å². The van der Waals surface area contributed by atoms with Gasteiger partial charge < -0.3 is 10.2 Å². The number of pyridine rings is 1. The number of rotatable bonds is 2. The molecule has 3 heterocycles. The van der Waals surface area contributed by atoms with Gasteiger partial charge in [-0.3, -0.25) is 10.1 Å². The highest BCUT2D eigenvalue weighted by Crippen LogP contribution is 2.29. The Hall–Kier alpha value is -1.69. The first-order valence-corrected chi connectivity index (χ1v) is 6.74. The molecule has 2 fully saturated rings. The van der Waals surface area contributed by atoms with Gasteiger partial charge in [0.25, 0.3) is 5.69 Å². The van der Waals surface area contributed by atoms with Gasteiger partial charge in [0.1, 0.15) is 12.0 Å². The minimum Gasteiger partial charge on any atom is -0.356 e. The third-order valence-electron chi connectivity index (χ3n) is 4.25. The summed E-state index contributed by atoms with van der Waals surface area (Å²) in [6.07, 6.45) is 3.72. The number of nitrogens with zero attached hydrogens (tertiary/aromatic N) is 3. The summed E-state index contributed by atoms with van der Waals surface area (Å²) in [6, 6.07) is 2.48. The van der Waals surface area contributed by atoms with Gasteiger partial charge in [-0.15, -0.1) is 0 Å². The van der Waals surface area contributed by atoms with Crippen LogP contribution in [0.5, 0.6) is 0 Å². The number of aryl methyl sites for hydroxylation is 1. The second kappa shape index (κ2) is 4.77. The Kier molecular flexibility index (Phi) is 3.10. The van der Waals surface area contributed by atoms with Gasteiger partial charge >= 0.3 is 0 Å². The van der Waals surface area contributed by atoms with E-state index in [1.165, 1.54) is 12.6 Å². The maximum absolute atomic E-state index is 10.8. The number of hydrogen-bond acceptors (Lipinski definition) is 5. The van der Waals surface area contributed by atoms with Crippen molar-refractivity contribution >= 4 is 11.5 Å². The number of nitro groups is 1. The fourth-order valence-corrected chi connectivity index (χ4v) is 3.15. The lowest BCUT2D eigenvalue weighted by Crippen LogP contribution is -2.44. The molecule has 3 rings (SSSR count). The molecule has 0 spiro atoms. The minimum atomic E-state index is -0.376. The number of aromatic nitrogens is 1. The summed E-state index contributed by atoms with van der Waals surface area (Å²) in [5.74, 6) is 1.56. The second-order valence-corrected chi connectivity index (χ2v) is 5.43. The fourth-order valence-electron chi connectivity index (χ4n) is 3.15. The predicted octanol–water partition coefficient (Wildman–Crippen LogP) is 1.49. The lowest BCUT2D eigenvalue weighted by atomic mass is 9.93. The zero-order valence-corrected chi connectivity index (χ0v) is 11.0. The van der Waals surface area contributed by atoms with E-state index in [1.807, 2.05) is 6.07 Å². The Morgan fingerprint density at radius 3 is 3.11 bits per heavy atom. The quantitative estimate of drug-likeness (QED) is 0.645. The summed E-state index contributed by atoms with van der Waals surface area (Å²) >= 11 is 0. The van der Waals surface area contributed by atoms with Crippen molar-refractivity contribution in [2.75, 3.05) is 24.5 Å². The van der Waals surface area contributed by atoms with Crippen molar-refractivity contribution in [3.63, 3.8) is 0 Å². The first-order chi connectivity index (χ1) is 9.15. The smallest absolute Gasteiger partial charge is 0.290 e. The van der Waals surface area contributed by atoms with Crippen LogP contribution in [0.25, 0.3) is 0 Å². The third-order valence-corrected chi connectivity index (χ3v) is 4.25. The van der Waals surface area contributed by atoms with Crippen molar-refractivity contribution in [1.29, 1.82) is 0 Å². The average molecular weight is 262 g/mol. The van der Waals surface area contributed by atoms with Gasteiger partial charge in [0.2, 0.25) is 0 Å². The van der Waals surface area contributed by atoms with E-state index >= 15 is 0 Å². The van der Waals surface area contributed by atoms with E-state index in [0.29, 0.717) is 17.5 Å². The second-order valence-electron chi connectivity index (χ2n) is 5.43. The molecule has 2 atom stereocenters. The van der Waals surface area contributed by atoms with Crippen molar-refractivity contribution in [2.24, 2.45) is 5.92 Å². The van der Waals surface area contributed by atoms with Gasteiger partial charge in [-0.25, -0.2) is 4.98 Å². The maximum Gasteiger partial charge on any atom is 0.290 e. The molecule has 0 saturated carbocycles. The molecule has 6 heteroatoms. The fraction of sp³-hybridized carbons (Fsp3) is 0.615. The largest absolute Gasteiger partial charge is 0.356 e. The Balaban J connectivity index is 1.79. The summed E-state index contributed by atoms with van der Waals surface area (Å²) in [5, 5.41) is 14.3. The van der Waals surface area contributed by atoms with Crippen LogP contribution in [0.3, 0.4) is 0 Å². The van der Waals surface area contributed by atoms with Crippen LogP contribution in [-0.4, -0.2) is 35.6 Å². The van der Waals surface area contributed by atoms with Gasteiger partial charge in [-0.2, -0.15) is 0 Å². The lowest BCUT2D eigenvalue weighted by Gasteiger charge is -2.35. The Labute approximate surface area is 112 Å². The molecule has 6 nitrogen and oxygen atoms in total. The van der Waals surface area contributed by atoms with E-state index in [2.05, 4.69) is 15.2 Å². The number of fused-ring (bicyclic) bond motifs is 1. The van der Waals surface area contributed by atoms with Crippen LogP contribution >= 0.6 is 0 Å². The molecule has 0 radical (unpaired) electrons. The van der Waals surface area contributed by atoms with E-state index in [0.717, 1.165) is 31.9 Å². The molecule has 1 aromatic heterocycles. The van der Waals surface area contributed by atoms with Crippen molar-refractivity contribution in [1.82, 2.24) is 10.3 Å². The van der Waals surface area contributed by atoms with Crippen molar-refractivity contribution in [3.8, 4) is 0 Å². The van der Waals surface area contributed by atoms with E-state index < -0.39 is 0 Å². The summed E-state index contributed by atoms with van der Waals surface area (Å²) in [6.45, 7) is 4.85. The summed E-state index contributed by atoms with van der Waals surface area (Å²) in [7, 11) is 0. The van der Waals surface area contributed by atoms with E-state index in [-0.39, 0.29) is 10.6 Å². The molecule has 0 amide bonds. The van der Waals surface area contributed by atoms with Gasteiger partial charge in [0.05, 0.1) is 4.92 Å². The van der Waals surface area contributed by atoms with Crippen LogP contribution in [-0.2, 0) is 0 Å². The first kappa shape index (κ1) is 12.3. The number of piperidine rings is 1.